The van der Waals surface area contributed by atoms with Crippen LogP contribution in [0.5, 0.6) is 0 Å². The zero-order chi connectivity index (χ0) is 11.2. The maximum Gasteiger partial charge on any atom is 0.0328 e. The Labute approximate surface area is 102 Å². The number of likely N-dealkylation sites (tertiary alicyclic amines) is 1. The SMILES string of the molecule is NCCc1csc(CN2CCCCCC2)c1. The molecule has 0 aliphatic carbocycles. The average molecular weight is 238 g/mol. The predicted molar refractivity (Wildman–Crippen MR) is 70.8 cm³/mol. The lowest BCUT2D eigenvalue weighted by molar-refractivity contribution is 0.279. The summed E-state index contributed by atoms with van der Waals surface area (Å²) >= 11 is 1.89. The summed E-state index contributed by atoms with van der Waals surface area (Å²) in [7, 11) is 0. The zero-order valence-corrected chi connectivity index (χ0v) is 10.8. The van der Waals surface area contributed by atoms with E-state index in [2.05, 4.69) is 16.3 Å². The molecule has 2 rings (SSSR count). The minimum Gasteiger partial charge on any atom is -0.330 e. The fourth-order valence-corrected chi connectivity index (χ4v) is 3.29. The molecule has 2 N–H and O–H groups in total. The second kappa shape index (κ2) is 6.38. The van der Waals surface area contributed by atoms with Gasteiger partial charge in [0.15, 0.2) is 0 Å². The minimum absolute atomic E-state index is 0.764. The lowest BCUT2D eigenvalue weighted by atomic mass is 10.2. The molecule has 3 heteroatoms. The lowest BCUT2D eigenvalue weighted by Crippen LogP contribution is -2.23. The molecule has 0 amide bonds. The van der Waals surface area contributed by atoms with Gasteiger partial charge >= 0.3 is 0 Å². The van der Waals surface area contributed by atoms with E-state index in [9.17, 15) is 0 Å². The van der Waals surface area contributed by atoms with Crippen molar-refractivity contribution in [1.82, 2.24) is 4.90 Å². The predicted octanol–water partition coefficient (Wildman–Crippen LogP) is 2.63. The van der Waals surface area contributed by atoms with Crippen molar-refractivity contribution in [2.45, 2.75) is 38.6 Å². The first kappa shape index (κ1) is 12.1. The van der Waals surface area contributed by atoms with E-state index in [1.165, 1.54) is 49.2 Å². The topological polar surface area (TPSA) is 29.3 Å². The number of hydrogen-bond donors (Lipinski definition) is 1. The smallest absolute Gasteiger partial charge is 0.0328 e. The number of nitrogens with zero attached hydrogens (tertiary/aromatic N) is 1. The van der Waals surface area contributed by atoms with Crippen LogP contribution in [-0.2, 0) is 13.0 Å². The van der Waals surface area contributed by atoms with Crippen LogP contribution in [-0.4, -0.2) is 24.5 Å². The van der Waals surface area contributed by atoms with E-state index in [1.807, 2.05) is 11.3 Å². The Bertz CT molecular complexity index is 301. The van der Waals surface area contributed by atoms with Gasteiger partial charge in [-0.05, 0) is 55.9 Å². The van der Waals surface area contributed by atoms with Gasteiger partial charge in [-0.15, -0.1) is 11.3 Å². The van der Waals surface area contributed by atoms with Gasteiger partial charge in [-0.3, -0.25) is 4.90 Å². The third-order valence-electron chi connectivity index (χ3n) is 3.22. The van der Waals surface area contributed by atoms with E-state index in [0.29, 0.717) is 0 Å². The number of thiophene rings is 1. The standard InChI is InChI=1S/C13H22N2S/c14-6-5-12-9-13(16-11-12)10-15-7-3-1-2-4-8-15/h9,11H,1-8,10,14H2. The summed E-state index contributed by atoms with van der Waals surface area (Å²) in [5.74, 6) is 0. The average Bonchev–Trinajstić information content (AvgIpc) is 2.56. The molecule has 0 saturated carbocycles. The van der Waals surface area contributed by atoms with E-state index < -0.39 is 0 Å². The summed E-state index contributed by atoms with van der Waals surface area (Å²) in [4.78, 5) is 4.11. The second-order valence-electron chi connectivity index (χ2n) is 4.65. The Morgan fingerprint density at radius 2 is 1.94 bits per heavy atom. The summed E-state index contributed by atoms with van der Waals surface area (Å²) in [6, 6.07) is 2.34. The maximum absolute atomic E-state index is 5.57. The van der Waals surface area contributed by atoms with Gasteiger partial charge in [-0.2, -0.15) is 0 Å². The van der Waals surface area contributed by atoms with Crippen LogP contribution >= 0.6 is 11.3 Å². The molecule has 1 aromatic rings. The van der Waals surface area contributed by atoms with Gasteiger partial charge in [-0.25, -0.2) is 0 Å². The summed E-state index contributed by atoms with van der Waals surface area (Å²) in [6.45, 7) is 4.48. The van der Waals surface area contributed by atoms with E-state index in [4.69, 9.17) is 5.73 Å². The molecule has 0 bridgehead atoms. The third-order valence-corrected chi connectivity index (χ3v) is 4.19. The summed E-state index contributed by atoms with van der Waals surface area (Å²) in [6.07, 6.45) is 6.61. The van der Waals surface area contributed by atoms with Crippen molar-refractivity contribution in [1.29, 1.82) is 0 Å². The summed E-state index contributed by atoms with van der Waals surface area (Å²) in [5.41, 5.74) is 6.98. The highest BCUT2D eigenvalue weighted by atomic mass is 32.1. The van der Waals surface area contributed by atoms with Crippen molar-refractivity contribution in [3.8, 4) is 0 Å². The zero-order valence-electron chi connectivity index (χ0n) is 9.95. The minimum atomic E-state index is 0.764. The molecule has 0 aromatic carbocycles. The van der Waals surface area contributed by atoms with Gasteiger partial charge in [0.25, 0.3) is 0 Å². The molecular weight excluding hydrogens is 216 g/mol. The number of hydrogen-bond acceptors (Lipinski definition) is 3. The van der Waals surface area contributed by atoms with Crippen molar-refractivity contribution in [3.63, 3.8) is 0 Å². The Balaban J connectivity index is 1.86. The normalized spacial score (nSPS) is 18.6. The van der Waals surface area contributed by atoms with Crippen LogP contribution in [0.3, 0.4) is 0 Å². The monoisotopic (exact) mass is 238 g/mol. The molecule has 0 spiro atoms. The van der Waals surface area contributed by atoms with Crippen LogP contribution in [0.4, 0.5) is 0 Å². The van der Waals surface area contributed by atoms with Crippen LogP contribution in [0.15, 0.2) is 11.4 Å². The first-order valence-corrected chi connectivity index (χ1v) is 7.25. The van der Waals surface area contributed by atoms with E-state index in [-0.39, 0.29) is 0 Å². The molecule has 1 aliphatic heterocycles. The van der Waals surface area contributed by atoms with Crippen LogP contribution in [0.2, 0.25) is 0 Å². The van der Waals surface area contributed by atoms with Crippen LogP contribution in [0, 0.1) is 0 Å². The molecule has 16 heavy (non-hydrogen) atoms. The highest BCUT2D eigenvalue weighted by Crippen LogP contribution is 2.19. The third kappa shape index (κ3) is 3.58. The molecule has 0 unspecified atom stereocenters. The molecule has 1 aromatic heterocycles. The van der Waals surface area contributed by atoms with Crippen molar-refractivity contribution in [2.75, 3.05) is 19.6 Å². The van der Waals surface area contributed by atoms with Crippen molar-refractivity contribution in [3.05, 3.63) is 21.9 Å². The molecule has 0 radical (unpaired) electrons. The summed E-state index contributed by atoms with van der Waals surface area (Å²) < 4.78 is 0. The van der Waals surface area contributed by atoms with Gasteiger partial charge < -0.3 is 5.73 Å². The number of rotatable bonds is 4. The first-order chi connectivity index (χ1) is 7.88. The molecule has 1 fully saturated rings. The summed E-state index contributed by atoms with van der Waals surface area (Å²) in [5, 5.41) is 2.26. The van der Waals surface area contributed by atoms with Crippen LogP contribution < -0.4 is 5.73 Å². The van der Waals surface area contributed by atoms with Gasteiger partial charge in [-0.1, -0.05) is 12.8 Å². The molecular formula is C13H22N2S. The Kier molecular flexibility index (Phi) is 4.82. The van der Waals surface area contributed by atoms with Crippen molar-refractivity contribution >= 4 is 11.3 Å². The van der Waals surface area contributed by atoms with Crippen molar-refractivity contribution < 1.29 is 0 Å². The number of nitrogens with two attached hydrogens (primary N) is 1. The molecule has 0 atom stereocenters. The Hall–Kier alpha value is -0.380. The quantitative estimate of drug-likeness (QED) is 0.873. The highest BCUT2D eigenvalue weighted by Gasteiger charge is 2.10. The van der Waals surface area contributed by atoms with Crippen molar-refractivity contribution in [2.24, 2.45) is 5.73 Å². The van der Waals surface area contributed by atoms with E-state index in [1.54, 1.807) is 0 Å². The van der Waals surface area contributed by atoms with Gasteiger partial charge in [0.1, 0.15) is 0 Å². The molecule has 2 heterocycles. The fraction of sp³-hybridized carbons (Fsp3) is 0.692. The molecule has 90 valence electrons. The van der Waals surface area contributed by atoms with Crippen LogP contribution in [0.25, 0.3) is 0 Å². The fourth-order valence-electron chi connectivity index (χ4n) is 2.32. The lowest BCUT2D eigenvalue weighted by Gasteiger charge is -2.18. The van der Waals surface area contributed by atoms with E-state index in [0.717, 1.165) is 19.5 Å². The first-order valence-electron chi connectivity index (χ1n) is 6.37. The van der Waals surface area contributed by atoms with Gasteiger partial charge in [0.05, 0.1) is 0 Å². The van der Waals surface area contributed by atoms with Gasteiger partial charge in [0.2, 0.25) is 0 Å². The Morgan fingerprint density at radius 3 is 2.62 bits per heavy atom. The second-order valence-corrected chi connectivity index (χ2v) is 5.65. The Morgan fingerprint density at radius 1 is 1.19 bits per heavy atom. The maximum atomic E-state index is 5.57. The largest absolute Gasteiger partial charge is 0.330 e. The highest BCUT2D eigenvalue weighted by molar-refractivity contribution is 7.10. The van der Waals surface area contributed by atoms with Gasteiger partial charge in [0, 0.05) is 11.4 Å². The van der Waals surface area contributed by atoms with E-state index >= 15 is 0 Å². The molecule has 1 saturated heterocycles. The molecule has 2 nitrogen and oxygen atoms in total. The molecule has 1 aliphatic rings. The van der Waals surface area contributed by atoms with Crippen LogP contribution in [0.1, 0.15) is 36.1 Å².